The summed E-state index contributed by atoms with van der Waals surface area (Å²) in [5.41, 5.74) is 0.938. The quantitative estimate of drug-likeness (QED) is 0.675. The van der Waals surface area contributed by atoms with Gasteiger partial charge in [0.05, 0.1) is 18.0 Å². The Morgan fingerprint density at radius 3 is 2.91 bits per heavy atom. The van der Waals surface area contributed by atoms with Crippen LogP contribution in [0, 0.1) is 0 Å². The van der Waals surface area contributed by atoms with Gasteiger partial charge in [-0.05, 0) is 19.8 Å². The van der Waals surface area contributed by atoms with Gasteiger partial charge >= 0.3 is 0 Å². The summed E-state index contributed by atoms with van der Waals surface area (Å²) in [5, 5.41) is 17.0. The molecule has 1 rings (SSSR count). The number of hydrogen-bond donors (Lipinski definition) is 1. The first kappa shape index (κ1) is 8.20. The van der Waals surface area contributed by atoms with Gasteiger partial charge in [-0.3, -0.25) is 0 Å². The number of rotatable bonds is 3. The smallest absolute Gasteiger partial charge is 0.0828 e. The molecule has 1 heterocycles. The lowest BCUT2D eigenvalue weighted by atomic mass is 10.2. The number of aromatic nitrogens is 3. The molecular weight excluding hydrogens is 142 g/mol. The second-order valence-corrected chi connectivity index (χ2v) is 2.71. The van der Waals surface area contributed by atoms with Crippen LogP contribution < -0.4 is 0 Å². The van der Waals surface area contributed by atoms with Crippen LogP contribution in [-0.4, -0.2) is 26.2 Å². The molecule has 1 unspecified atom stereocenters. The number of aliphatic hydroxyl groups is 1. The highest BCUT2D eigenvalue weighted by Crippen LogP contribution is 1.99. The summed E-state index contributed by atoms with van der Waals surface area (Å²) in [5.74, 6) is 0. The van der Waals surface area contributed by atoms with Crippen molar-refractivity contribution >= 4 is 0 Å². The predicted molar refractivity (Wildman–Crippen MR) is 41.0 cm³/mol. The monoisotopic (exact) mass is 155 g/mol. The van der Waals surface area contributed by atoms with E-state index in [9.17, 15) is 0 Å². The number of hydrogen-bond acceptors (Lipinski definition) is 3. The average Bonchev–Trinajstić information content (AvgIpc) is 2.31. The Kier molecular flexibility index (Phi) is 2.59. The Balaban J connectivity index is 2.39. The zero-order valence-electron chi connectivity index (χ0n) is 6.86. The van der Waals surface area contributed by atoms with Crippen molar-refractivity contribution in [3.63, 3.8) is 0 Å². The molecule has 1 aromatic heterocycles. The molecule has 0 aliphatic heterocycles. The lowest BCUT2D eigenvalue weighted by Crippen LogP contribution is -2.02. The lowest BCUT2D eigenvalue weighted by molar-refractivity contribution is 0.184. The Morgan fingerprint density at radius 2 is 2.45 bits per heavy atom. The molecule has 0 aromatic carbocycles. The fraction of sp³-hybridized carbons (Fsp3) is 0.714. The molecule has 0 aliphatic rings. The van der Waals surface area contributed by atoms with Gasteiger partial charge in [0.2, 0.25) is 0 Å². The van der Waals surface area contributed by atoms with E-state index in [2.05, 4.69) is 10.2 Å². The summed E-state index contributed by atoms with van der Waals surface area (Å²) in [7, 11) is 1.78. The Morgan fingerprint density at radius 1 is 1.73 bits per heavy atom. The minimum Gasteiger partial charge on any atom is -0.393 e. The summed E-state index contributed by atoms with van der Waals surface area (Å²) < 4.78 is 0. The molecule has 0 saturated heterocycles. The third-order valence-electron chi connectivity index (χ3n) is 1.47. The predicted octanol–water partition coefficient (Wildman–Crippen LogP) is 0.129. The molecular formula is C7H13N3O. The lowest BCUT2D eigenvalue weighted by Gasteiger charge is -1.99. The normalized spacial score (nSPS) is 13.4. The van der Waals surface area contributed by atoms with E-state index in [1.54, 1.807) is 20.2 Å². The molecule has 11 heavy (non-hydrogen) atoms. The Hall–Kier alpha value is -0.900. The first-order valence-corrected chi connectivity index (χ1v) is 3.72. The summed E-state index contributed by atoms with van der Waals surface area (Å²) in [6.07, 6.45) is 3.02. The minimum absolute atomic E-state index is 0.253. The maximum Gasteiger partial charge on any atom is 0.0828 e. The molecule has 0 aliphatic carbocycles. The van der Waals surface area contributed by atoms with E-state index < -0.39 is 0 Å². The molecule has 4 heteroatoms. The molecule has 1 N–H and O–H groups in total. The number of aryl methyl sites for hydroxylation is 2. The number of nitrogens with zero attached hydrogens (tertiary/aromatic N) is 3. The van der Waals surface area contributed by atoms with Crippen molar-refractivity contribution < 1.29 is 5.11 Å². The fourth-order valence-electron chi connectivity index (χ4n) is 0.859. The molecule has 0 fully saturated rings. The van der Waals surface area contributed by atoms with Gasteiger partial charge in [0.15, 0.2) is 0 Å². The zero-order valence-corrected chi connectivity index (χ0v) is 6.86. The van der Waals surface area contributed by atoms with Crippen molar-refractivity contribution in [2.75, 3.05) is 0 Å². The highest BCUT2D eigenvalue weighted by atomic mass is 16.3. The summed E-state index contributed by atoms with van der Waals surface area (Å²) >= 11 is 0. The van der Waals surface area contributed by atoms with Gasteiger partial charge in [0.25, 0.3) is 0 Å². The van der Waals surface area contributed by atoms with Gasteiger partial charge < -0.3 is 5.11 Å². The third-order valence-corrected chi connectivity index (χ3v) is 1.47. The second-order valence-electron chi connectivity index (χ2n) is 2.71. The largest absolute Gasteiger partial charge is 0.393 e. The van der Waals surface area contributed by atoms with E-state index in [0.717, 1.165) is 18.5 Å². The Labute approximate surface area is 65.8 Å². The maximum atomic E-state index is 8.97. The molecule has 0 radical (unpaired) electrons. The van der Waals surface area contributed by atoms with Crippen LogP contribution in [0.4, 0.5) is 0 Å². The van der Waals surface area contributed by atoms with Gasteiger partial charge in [-0.25, -0.2) is 0 Å². The van der Waals surface area contributed by atoms with E-state index in [1.165, 1.54) is 4.80 Å². The SMILES string of the molecule is CC(O)CCc1cnn(C)n1. The molecule has 0 saturated carbocycles. The van der Waals surface area contributed by atoms with Crippen LogP contribution in [-0.2, 0) is 13.5 Å². The van der Waals surface area contributed by atoms with Crippen molar-refractivity contribution in [2.24, 2.45) is 7.05 Å². The third kappa shape index (κ3) is 2.67. The van der Waals surface area contributed by atoms with Crippen molar-refractivity contribution in [3.8, 4) is 0 Å². The Bertz CT molecular complexity index is 219. The first-order valence-electron chi connectivity index (χ1n) is 3.72. The molecule has 0 spiro atoms. The average molecular weight is 155 g/mol. The first-order chi connectivity index (χ1) is 5.18. The van der Waals surface area contributed by atoms with Gasteiger partial charge in [-0.1, -0.05) is 0 Å². The van der Waals surface area contributed by atoms with E-state index in [0.29, 0.717) is 0 Å². The fourth-order valence-corrected chi connectivity index (χ4v) is 0.859. The van der Waals surface area contributed by atoms with Crippen molar-refractivity contribution in [3.05, 3.63) is 11.9 Å². The number of aliphatic hydroxyl groups excluding tert-OH is 1. The van der Waals surface area contributed by atoms with E-state index in [1.807, 2.05) is 0 Å². The second kappa shape index (κ2) is 3.48. The van der Waals surface area contributed by atoms with Crippen LogP contribution in [0.15, 0.2) is 6.20 Å². The van der Waals surface area contributed by atoms with Crippen LogP contribution in [0.5, 0.6) is 0 Å². The van der Waals surface area contributed by atoms with E-state index in [4.69, 9.17) is 5.11 Å². The highest BCUT2D eigenvalue weighted by Gasteiger charge is 2.00. The van der Waals surface area contributed by atoms with Gasteiger partial charge in [0.1, 0.15) is 0 Å². The molecule has 0 amide bonds. The molecule has 4 nitrogen and oxygen atoms in total. The van der Waals surface area contributed by atoms with Crippen molar-refractivity contribution in [2.45, 2.75) is 25.9 Å². The van der Waals surface area contributed by atoms with Gasteiger partial charge in [-0.2, -0.15) is 15.0 Å². The van der Waals surface area contributed by atoms with Crippen LogP contribution >= 0.6 is 0 Å². The van der Waals surface area contributed by atoms with Crippen molar-refractivity contribution in [1.82, 2.24) is 15.0 Å². The standard InChI is InChI=1S/C7H13N3O/c1-6(11)3-4-7-5-8-10(2)9-7/h5-6,11H,3-4H2,1-2H3. The molecule has 1 aromatic rings. The van der Waals surface area contributed by atoms with Crippen LogP contribution in [0.3, 0.4) is 0 Å². The summed E-state index contributed by atoms with van der Waals surface area (Å²) in [6.45, 7) is 1.77. The van der Waals surface area contributed by atoms with Crippen LogP contribution in [0.2, 0.25) is 0 Å². The zero-order chi connectivity index (χ0) is 8.27. The minimum atomic E-state index is -0.253. The van der Waals surface area contributed by atoms with Crippen LogP contribution in [0.1, 0.15) is 19.0 Å². The summed E-state index contributed by atoms with van der Waals surface area (Å²) in [6, 6.07) is 0. The molecule has 1 atom stereocenters. The maximum absolute atomic E-state index is 8.97. The van der Waals surface area contributed by atoms with Gasteiger partial charge in [-0.15, -0.1) is 0 Å². The molecule has 0 bridgehead atoms. The topological polar surface area (TPSA) is 50.9 Å². The van der Waals surface area contributed by atoms with Crippen molar-refractivity contribution in [1.29, 1.82) is 0 Å². The molecule has 62 valence electrons. The van der Waals surface area contributed by atoms with Gasteiger partial charge in [0, 0.05) is 7.05 Å². The van der Waals surface area contributed by atoms with E-state index in [-0.39, 0.29) is 6.10 Å². The highest BCUT2D eigenvalue weighted by molar-refractivity contribution is 4.91. The summed E-state index contributed by atoms with van der Waals surface area (Å²) in [4.78, 5) is 1.53. The van der Waals surface area contributed by atoms with E-state index >= 15 is 0 Å². The van der Waals surface area contributed by atoms with Crippen LogP contribution in [0.25, 0.3) is 0 Å².